The molecule has 29 heavy (non-hydrogen) atoms. The van der Waals surface area contributed by atoms with Crippen molar-refractivity contribution in [3.63, 3.8) is 0 Å². The second-order valence-electron chi connectivity index (χ2n) is 7.33. The summed E-state index contributed by atoms with van der Waals surface area (Å²) in [5.41, 5.74) is 3.08. The molecule has 1 saturated carbocycles. The first-order chi connectivity index (χ1) is 14.1. The Morgan fingerprint density at radius 3 is 2.41 bits per heavy atom. The van der Waals surface area contributed by atoms with Crippen molar-refractivity contribution >= 4 is 23.0 Å². The van der Waals surface area contributed by atoms with E-state index in [-0.39, 0.29) is 0 Å². The van der Waals surface area contributed by atoms with E-state index in [1.165, 1.54) is 12.8 Å². The van der Waals surface area contributed by atoms with Crippen LogP contribution in [0.1, 0.15) is 36.8 Å². The molecular formula is C23H30N2O3S. The molecule has 0 atom stereocenters. The van der Waals surface area contributed by atoms with E-state index >= 15 is 0 Å². The molecule has 3 rings (SSSR count). The Labute approximate surface area is 179 Å². The zero-order valence-electron chi connectivity index (χ0n) is 17.7. The van der Waals surface area contributed by atoms with E-state index < -0.39 is 0 Å². The van der Waals surface area contributed by atoms with Gasteiger partial charge in [0.05, 0.1) is 21.3 Å². The van der Waals surface area contributed by atoms with Crippen molar-refractivity contribution < 1.29 is 14.2 Å². The van der Waals surface area contributed by atoms with Gasteiger partial charge in [0.1, 0.15) is 5.75 Å². The Morgan fingerprint density at radius 2 is 1.76 bits per heavy atom. The lowest BCUT2D eigenvalue weighted by Gasteiger charge is -2.32. The molecule has 1 N–H and O–H groups in total. The van der Waals surface area contributed by atoms with Crippen molar-refractivity contribution in [2.24, 2.45) is 0 Å². The zero-order chi connectivity index (χ0) is 20.8. The van der Waals surface area contributed by atoms with Gasteiger partial charge in [0.2, 0.25) is 0 Å². The minimum atomic E-state index is 0.415. The first-order valence-electron chi connectivity index (χ1n) is 9.99. The van der Waals surface area contributed by atoms with Crippen LogP contribution < -0.4 is 19.5 Å². The van der Waals surface area contributed by atoms with Crippen LogP contribution in [0.15, 0.2) is 36.4 Å². The molecule has 2 aromatic rings. The van der Waals surface area contributed by atoms with E-state index in [0.29, 0.717) is 17.7 Å². The average Bonchev–Trinajstić information content (AvgIpc) is 3.27. The van der Waals surface area contributed by atoms with Crippen LogP contribution in [0.25, 0.3) is 0 Å². The van der Waals surface area contributed by atoms with Crippen LogP contribution in [0.5, 0.6) is 17.2 Å². The lowest BCUT2D eigenvalue weighted by Crippen LogP contribution is -2.41. The quantitative estimate of drug-likeness (QED) is 0.631. The number of ether oxygens (including phenoxy) is 3. The number of nitrogens with zero attached hydrogens (tertiary/aromatic N) is 1. The molecule has 6 heteroatoms. The molecule has 0 unspecified atom stereocenters. The maximum atomic E-state index is 5.85. The number of nitrogens with one attached hydrogen (secondary N) is 1. The second kappa shape index (κ2) is 9.83. The van der Waals surface area contributed by atoms with Crippen molar-refractivity contribution in [2.45, 2.75) is 45.2 Å². The Hall–Kier alpha value is -2.47. The van der Waals surface area contributed by atoms with E-state index in [1.54, 1.807) is 21.3 Å². The van der Waals surface area contributed by atoms with Gasteiger partial charge in [-0.05, 0) is 49.7 Å². The van der Waals surface area contributed by atoms with E-state index in [9.17, 15) is 0 Å². The third-order valence-corrected chi connectivity index (χ3v) is 5.85. The summed E-state index contributed by atoms with van der Waals surface area (Å²) in [6.45, 7) is 2.70. The monoisotopic (exact) mass is 414 g/mol. The molecule has 1 aliphatic rings. The van der Waals surface area contributed by atoms with Crippen molar-refractivity contribution in [1.82, 2.24) is 4.90 Å². The number of hydrogen-bond acceptors (Lipinski definition) is 4. The molecule has 0 saturated heterocycles. The number of para-hydroxylation sites is 1. The molecule has 0 spiro atoms. The minimum absolute atomic E-state index is 0.415. The largest absolute Gasteiger partial charge is 0.496 e. The van der Waals surface area contributed by atoms with Gasteiger partial charge in [-0.2, -0.15) is 0 Å². The van der Waals surface area contributed by atoms with Crippen LogP contribution in [0.2, 0.25) is 0 Å². The molecule has 0 aromatic heterocycles. The SMILES string of the molecule is COc1cc(NC(=S)N(Cc2cccc(OC)c2OC)C2CCCC2)ccc1C. The molecule has 5 nitrogen and oxygen atoms in total. The summed E-state index contributed by atoms with van der Waals surface area (Å²) in [6.07, 6.45) is 4.76. The maximum absolute atomic E-state index is 5.85. The first kappa shape index (κ1) is 21.2. The first-order valence-corrected chi connectivity index (χ1v) is 10.4. The minimum Gasteiger partial charge on any atom is -0.496 e. The number of benzene rings is 2. The third-order valence-electron chi connectivity index (χ3n) is 5.51. The van der Waals surface area contributed by atoms with Crippen LogP contribution >= 0.6 is 12.2 Å². The van der Waals surface area contributed by atoms with E-state index in [0.717, 1.165) is 46.9 Å². The lowest BCUT2D eigenvalue weighted by molar-refractivity contribution is 0.300. The number of rotatable bonds is 7. The molecule has 0 amide bonds. The lowest BCUT2D eigenvalue weighted by atomic mass is 10.1. The summed E-state index contributed by atoms with van der Waals surface area (Å²) in [5, 5.41) is 4.13. The number of thiocarbonyl (C=S) groups is 1. The number of aryl methyl sites for hydroxylation is 1. The highest BCUT2D eigenvalue weighted by Crippen LogP contribution is 2.34. The molecular weight excluding hydrogens is 384 g/mol. The summed E-state index contributed by atoms with van der Waals surface area (Å²) >= 11 is 5.85. The molecule has 0 radical (unpaired) electrons. The van der Waals surface area contributed by atoms with Crippen molar-refractivity contribution in [2.75, 3.05) is 26.6 Å². The fourth-order valence-corrected chi connectivity index (χ4v) is 4.27. The standard InChI is InChI=1S/C23H30N2O3S/c1-16-12-13-18(14-21(16)27-3)24-23(29)25(19-9-5-6-10-19)15-17-8-7-11-20(26-2)22(17)28-4/h7-8,11-14,19H,5-6,9-10,15H2,1-4H3,(H,24,29). The van der Waals surface area contributed by atoms with Crippen LogP contribution in [0.4, 0.5) is 5.69 Å². The van der Waals surface area contributed by atoms with E-state index in [1.807, 2.05) is 37.3 Å². The van der Waals surface area contributed by atoms with Crippen LogP contribution in [-0.4, -0.2) is 37.4 Å². The molecule has 0 bridgehead atoms. The van der Waals surface area contributed by atoms with E-state index in [4.69, 9.17) is 26.4 Å². The highest BCUT2D eigenvalue weighted by Gasteiger charge is 2.26. The van der Waals surface area contributed by atoms with Gasteiger partial charge >= 0.3 is 0 Å². The van der Waals surface area contributed by atoms with Gasteiger partial charge < -0.3 is 24.4 Å². The van der Waals surface area contributed by atoms with Crippen molar-refractivity contribution in [3.05, 3.63) is 47.5 Å². The summed E-state index contributed by atoms with van der Waals surface area (Å²) in [6, 6.07) is 12.4. The number of anilines is 1. The average molecular weight is 415 g/mol. The van der Waals surface area contributed by atoms with Crippen LogP contribution in [-0.2, 0) is 6.54 Å². The van der Waals surface area contributed by atoms with Gasteiger partial charge in [0.15, 0.2) is 16.6 Å². The summed E-state index contributed by atoms with van der Waals surface area (Å²) < 4.78 is 16.6. The number of methoxy groups -OCH3 is 3. The zero-order valence-corrected chi connectivity index (χ0v) is 18.5. The molecule has 0 aliphatic heterocycles. The van der Waals surface area contributed by atoms with E-state index in [2.05, 4.69) is 16.3 Å². The van der Waals surface area contributed by atoms with Gasteiger partial charge in [-0.15, -0.1) is 0 Å². The smallest absolute Gasteiger partial charge is 0.173 e. The predicted molar refractivity (Wildman–Crippen MR) is 121 cm³/mol. The Bertz CT molecular complexity index is 850. The summed E-state index contributed by atoms with van der Waals surface area (Å²) in [4.78, 5) is 2.28. The molecule has 0 heterocycles. The van der Waals surface area contributed by atoms with Gasteiger partial charge in [-0.3, -0.25) is 0 Å². The molecule has 1 fully saturated rings. The Balaban J connectivity index is 1.85. The highest BCUT2D eigenvalue weighted by molar-refractivity contribution is 7.80. The fourth-order valence-electron chi connectivity index (χ4n) is 3.94. The van der Waals surface area contributed by atoms with Crippen LogP contribution in [0, 0.1) is 6.92 Å². The predicted octanol–water partition coefficient (Wildman–Crippen LogP) is 5.16. The summed E-state index contributed by atoms with van der Waals surface area (Å²) in [7, 11) is 5.02. The van der Waals surface area contributed by atoms with Gasteiger partial charge in [0.25, 0.3) is 0 Å². The normalized spacial score (nSPS) is 13.8. The van der Waals surface area contributed by atoms with Crippen molar-refractivity contribution in [3.8, 4) is 17.2 Å². The van der Waals surface area contributed by atoms with Crippen LogP contribution in [0.3, 0.4) is 0 Å². The maximum Gasteiger partial charge on any atom is 0.173 e. The topological polar surface area (TPSA) is 43.0 Å². The Morgan fingerprint density at radius 1 is 1.03 bits per heavy atom. The number of hydrogen-bond donors (Lipinski definition) is 1. The van der Waals surface area contributed by atoms with Crippen molar-refractivity contribution in [1.29, 1.82) is 0 Å². The van der Waals surface area contributed by atoms with Gasteiger partial charge in [-0.25, -0.2) is 0 Å². The molecule has 1 aliphatic carbocycles. The third kappa shape index (κ3) is 4.93. The highest BCUT2D eigenvalue weighted by atomic mass is 32.1. The van der Waals surface area contributed by atoms with Gasteiger partial charge in [-0.1, -0.05) is 31.0 Å². The second-order valence-corrected chi connectivity index (χ2v) is 7.72. The summed E-state index contributed by atoms with van der Waals surface area (Å²) in [5.74, 6) is 2.34. The fraction of sp³-hybridized carbons (Fsp3) is 0.435. The Kier molecular flexibility index (Phi) is 7.20. The molecule has 156 valence electrons. The van der Waals surface area contributed by atoms with Gasteiger partial charge in [0, 0.05) is 29.9 Å². The molecule has 2 aromatic carbocycles.